The summed E-state index contributed by atoms with van der Waals surface area (Å²) in [6, 6.07) is 12.5. The van der Waals surface area contributed by atoms with Crippen LogP contribution in [-0.2, 0) is 0 Å². The molecule has 0 bridgehead atoms. The number of anilines is 1. The summed E-state index contributed by atoms with van der Waals surface area (Å²) in [6.07, 6.45) is 0. The summed E-state index contributed by atoms with van der Waals surface area (Å²) < 4.78 is 10.6. The van der Waals surface area contributed by atoms with Gasteiger partial charge >= 0.3 is 0 Å². The largest absolute Gasteiger partial charge is 0.493 e. The molecule has 0 aliphatic carbocycles. The van der Waals surface area contributed by atoms with Gasteiger partial charge in [-0.05, 0) is 18.2 Å². The molecule has 2 N–H and O–H groups in total. The first-order valence-corrected chi connectivity index (χ1v) is 8.31. The van der Waals surface area contributed by atoms with Crippen molar-refractivity contribution >= 4 is 28.4 Å². The fourth-order valence-corrected chi connectivity index (χ4v) is 2.79. The molecule has 0 unspecified atom stereocenters. The van der Waals surface area contributed by atoms with Crippen LogP contribution in [0.5, 0.6) is 11.5 Å². The third-order valence-electron chi connectivity index (χ3n) is 4.18. The third kappa shape index (κ3) is 3.57. The van der Waals surface area contributed by atoms with Crippen molar-refractivity contribution in [1.82, 2.24) is 9.88 Å². The van der Waals surface area contributed by atoms with E-state index in [0.29, 0.717) is 28.4 Å². The number of ether oxygens (including phenoxy) is 2. The number of benzene rings is 2. The second-order valence-electron chi connectivity index (χ2n) is 6.18. The molecule has 0 radical (unpaired) electrons. The summed E-state index contributed by atoms with van der Waals surface area (Å²) in [6.45, 7) is 0. The Labute approximate surface area is 156 Å². The van der Waals surface area contributed by atoms with Crippen LogP contribution in [-0.4, -0.2) is 50.0 Å². The van der Waals surface area contributed by atoms with Crippen molar-refractivity contribution in [2.75, 3.05) is 33.6 Å². The lowest BCUT2D eigenvalue weighted by Crippen LogP contribution is -2.24. The maximum absolute atomic E-state index is 12.7. The van der Waals surface area contributed by atoms with Gasteiger partial charge in [0.1, 0.15) is 5.69 Å². The zero-order chi connectivity index (χ0) is 19.6. The van der Waals surface area contributed by atoms with Gasteiger partial charge in [-0.2, -0.15) is 0 Å². The van der Waals surface area contributed by atoms with E-state index in [1.54, 1.807) is 32.3 Å². The predicted octanol–water partition coefficient (Wildman–Crippen LogP) is 3.14. The number of fused-ring (bicyclic) bond motifs is 1. The molecule has 0 spiro atoms. The zero-order valence-corrected chi connectivity index (χ0v) is 15.6. The lowest BCUT2D eigenvalue weighted by Gasteiger charge is -2.17. The summed E-state index contributed by atoms with van der Waals surface area (Å²) in [5.41, 5.74) is 1.91. The molecule has 2 aromatic carbocycles. The van der Waals surface area contributed by atoms with Gasteiger partial charge in [-0.1, -0.05) is 18.2 Å². The highest BCUT2D eigenvalue weighted by atomic mass is 16.5. The lowest BCUT2D eigenvalue weighted by atomic mass is 10.1. The Balaban J connectivity index is 2.01. The number of methoxy groups -OCH3 is 2. The number of carbonyl (C=O) groups excluding carboxylic acids is 2. The van der Waals surface area contributed by atoms with Gasteiger partial charge in [-0.3, -0.25) is 9.59 Å². The first-order valence-electron chi connectivity index (χ1n) is 8.31. The van der Waals surface area contributed by atoms with Gasteiger partial charge in [0, 0.05) is 31.1 Å². The Morgan fingerprint density at radius 1 is 1.00 bits per heavy atom. The molecule has 0 aliphatic rings. The van der Waals surface area contributed by atoms with E-state index in [9.17, 15) is 9.59 Å². The Morgan fingerprint density at radius 3 is 2.30 bits per heavy atom. The van der Waals surface area contributed by atoms with E-state index in [4.69, 9.17) is 9.47 Å². The van der Waals surface area contributed by atoms with Gasteiger partial charge < -0.3 is 24.7 Å². The van der Waals surface area contributed by atoms with Crippen molar-refractivity contribution in [2.45, 2.75) is 0 Å². The first kappa shape index (κ1) is 18.3. The zero-order valence-electron chi connectivity index (χ0n) is 15.6. The standard InChI is InChI=1S/C20H21N3O4/c1-23(2)20(25)13-10-17(26-3)18(27-4)11-15(13)22-19(24)16-9-12-7-5-6-8-14(12)21-16/h5-11,21H,1-4H3,(H,22,24). The molecule has 0 fully saturated rings. The second-order valence-corrected chi connectivity index (χ2v) is 6.18. The van der Waals surface area contributed by atoms with E-state index in [2.05, 4.69) is 10.3 Å². The molecule has 0 saturated carbocycles. The highest BCUT2D eigenvalue weighted by Crippen LogP contribution is 2.34. The minimum absolute atomic E-state index is 0.261. The third-order valence-corrected chi connectivity index (χ3v) is 4.18. The van der Waals surface area contributed by atoms with Crippen LogP contribution < -0.4 is 14.8 Å². The summed E-state index contributed by atoms with van der Waals surface area (Å²) in [5, 5.41) is 3.73. The van der Waals surface area contributed by atoms with E-state index in [0.717, 1.165) is 10.9 Å². The predicted molar refractivity (Wildman–Crippen MR) is 104 cm³/mol. The fourth-order valence-electron chi connectivity index (χ4n) is 2.79. The maximum Gasteiger partial charge on any atom is 0.272 e. The molecule has 3 rings (SSSR count). The number of rotatable bonds is 5. The number of aromatic nitrogens is 1. The average molecular weight is 367 g/mol. The summed E-state index contributed by atoms with van der Waals surface area (Å²) in [5.74, 6) is 0.209. The van der Waals surface area contributed by atoms with E-state index in [1.165, 1.54) is 19.1 Å². The molecule has 140 valence electrons. The van der Waals surface area contributed by atoms with Gasteiger partial charge in [0.2, 0.25) is 0 Å². The molecule has 2 amide bonds. The topological polar surface area (TPSA) is 83.7 Å². The minimum atomic E-state index is -0.355. The van der Waals surface area contributed by atoms with Gasteiger partial charge in [0.05, 0.1) is 25.5 Å². The van der Waals surface area contributed by atoms with Gasteiger partial charge in [0.15, 0.2) is 11.5 Å². The molecule has 7 heteroatoms. The summed E-state index contributed by atoms with van der Waals surface area (Å²) >= 11 is 0. The molecule has 7 nitrogen and oxygen atoms in total. The van der Waals surface area contributed by atoms with Crippen LogP contribution in [0.3, 0.4) is 0 Å². The molecule has 27 heavy (non-hydrogen) atoms. The van der Waals surface area contributed by atoms with E-state index in [-0.39, 0.29) is 11.8 Å². The molecular formula is C20H21N3O4. The van der Waals surface area contributed by atoms with Crippen molar-refractivity contribution in [3.8, 4) is 11.5 Å². The second kappa shape index (κ2) is 7.41. The number of H-pyrrole nitrogens is 1. The number of carbonyl (C=O) groups is 2. The van der Waals surface area contributed by atoms with Crippen LogP contribution in [0.2, 0.25) is 0 Å². The SMILES string of the molecule is COc1cc(NC(=O)c2cc3ccccc3[nH]2)c(C(=O)N(C)C)cc1OC. The fraction of sp³-hybridized carbons (Fsp3) is 0.200. The number of aromatic amines is 1. The van der Waals surface area contributed by atoms with E-state index in [1.807, 2.05) is 24.3 Å². The number of amides is 2. The minimum Gasteiger partial charge on any atom is -0.493 e. The maximum atomic E-state index is 12.7. The molecule has 0 atom stereocenters. The Morgan fingerprint density at radius 2 is 1.67 bits per heavy atom. The number of nitrogens with zero attached hydrogens (tertiary/aromatic N) is 1. The van der Waals surface area contributed by atoms with Crippen molar-refractivity contribution in [3.05, 3.63) is 53.7 Å². The van der Waals surface area contributed by atoms with Gasteiger partial charge in [-0.15, -0.1) is 0 Å². The molecule has 1 heterocycles. The average Bonchev–Trinajstić information content (AvgIpc) is 3.11. The highest BCUT2D eigenvalue weighted by molar-refractivity contribution is 6.10. The molecule has 0 aliphatic heterocycles. The van der Waals surface area contributed by atoms with Crippen LogP contribution in [0, 0.1) is 0 Å². The monoisotopic (exact) mass is 367 g/mol. The van der Waals surface area contributed by atoms with Gasteiger partial charge in [0.25, 0.3) is 11.8 Å². The number of nitrogens with one attached hydrogen (secondary N) is 2. The normalized spacial score (nSPS) is 10.5. The number of para-hydroxylation sites is 1. The van der Waals surface area contributed by atoms with Crippen LogP contribution in [0.1, 0.15) is 20.8 Å². The van der Waals surface area contributed by atoms with Crippen molar-refractivity contribution in [2.24, 2.45) is 0 Å². The quantitative estimate of drug-likeness (QED) is 0.726. The first-order chi connectivity index (χ1) is 12.9. The lowest BCUT2D eigenvalue weighted by molar-refractivity contribution is 0.0828. The van der Waals surface area contributed by atoms with E-state index < -0.39 is 0 Å². The van der Waals surface area contributed by atoms with Crippen molar-refractivity contribution in [3.63, 3.8) is 0 Å². The Bertz CT molecular complexity index is 975. The summed E-state index contributed by atoms with van der Waals surface area (Å²) in [4.78, 5) is 29.8. The summed E-state index contributed by atoms with van der Waals surface area (Å²) in [7, 11) is 6.27. The molecule has 1 aromatic heterocycles. The highest BCUT2D eigenvalue weighted by Gasteiger charge is 2.21. The number of hydrogen-bond donors (Lipinski definition) is 2. The Kier molecular flexibility index (Phi) is 5.03. The van der Waals surface area contributed by atoms with Crippen LogP contribution >= 0.6 is 0 Å². The van der Waals surface area contributed by atoms with Crippen molar-refractivity contribution < 1.29 is 19.1 Å². The van der Waals surface area contributed by atoms with Crippen LogP contribution in [0.15, 0.2) is 42.5 Å². The van der Waals surface area contributed by atoms with Crippen molar-refractivity contribution in [1.29, 1.82) is 0 Å². The Hall–Kier alpha value is -3.48. The smallest absolute Gasteiger partial charge is 0.272 e. The van der Waals surface area contributed by atoms with Crippen LogP contribution in [0.4, 0.5) is 5.69 Å². The number of hydrogen-bond acceptors (Lipinski definition) is 4. The van der Waals surface area contributed by atoms with Gasteiger partial charge in [-0.25, -0.2) is 0 Å². The van der Waals surface area contributed by atoms with Crippen LogP contribution in [0.25, 0.3) is 10.9 Å². The van der Waals surface area contributed by atoms with E-state index >= 15 is 0 Å². The molecule has 3 aromatic rings. The molecular weight excluding hydrogens is 346 g/mol. The molecule has 0 saturated heterocycles.